The molecule has 0 aliphatic carbocycles. The summed E-state index contributed by atoms with van der Waals surface area (Å²) in [6.45, 7) is 1.84. The second kappa shape index (κ2) is 7.99. The standard InChI is InChI=1S/C14H17ClN4O6S/c1-2-12-18-19-14(25-12)8(16)3-4-11(20)17-9-5-7(15)6-10(13(9)21)26(22,23)24/h5-6,8,21H,2-4,16H2,1H3,(H,17,20)(H,22,23,24). The van der Waals surface area contributed by atoms with Gasteiger partial charge in [-0.15, -0.1) is 10.2 Å². The number of benzene rings is 1. The number of aromatic nitrogens is 2. The van der Waals surface area contributed by atoms with Gasteiger partial charge in [0.2, 0.25) is 17.7 Å². The number of amides is 1. The minimum atomic E-state index is -4.71. The van der Waals surface area contributed by atoms with Crippen LogP contribution in [0.1, 0.15) is 37.6 Å². The molecule has 12 heteroatoms. The van der Waals surface area contributed by atoms with Gasteiger partial charge >= 0.3 is 0 Å². The summed E-state index contributed by atoms with van der Waals surface area (Å²) in [6, 6.07) is 1.35. The molecular weight excluding hydrogens is 388 g/mol. The molecule has 5 N–H and O–H groups in total. The number of nitrogens with zero attached hydrogens (tertiary/aromatic N) is 2. The molecule has 1 unspecified atom stereocenters. The zero-order valence-corrected chi connectivity index (χ0v) is 15.2. The van der Waals surface area contributed by atoms with Gasteiger partial charge in [0, 0.05) is 17.9 Å². The van der Waals surface area contributed by atoms with Gasteiger partial charge in [-0.2, -0.15) is 8.42 Å². The molecule has 0 aliphatic heterocycles. The van der Waals surface area contributed by atoms with Gasteiger partial charge in [-0.3, -0.25) is 9.35 Å². The summed E-state index contributed by atoms with van der Waals surface area (Å²) in [5.41, 5.74) is 5.63. The summed E-state index contributed by atoms with van der Waals surface area (Å²) in [5, 5.41) is 19.7. The summed E-state index contributed by atoms with van der Waals surface area (Å²) >= 11 is 5.75. The Morgan fingerprint density at radius 3 is 2.69 bits per heavy atom. The van der Waals surface area contributed by atoms with Gasteiger partial charge in [0.1, 0.15) is 4.90 Å². The molecule has 142 valence electrons. The lowest BCUT2D eigenvalue weighted by Gasteiger charge is -2.11. The smallest absolute Gasteiger partial charge is 0.298 e. The van der Waals surface area contributed by atoms with E-state index in [1.807, 2.05) is 6.92 Å². The second-order valence-electron chi connectivity index (χ2n) is 5.36. The van der Waals surface area contributed by atoms with Crippen LogP contribution in [0, 0.1) is 0 Å². The summed E-state index contributed by atoms with van der Waals surface area (Å²) in [4.78, 5) is 11.2. The Kier molecular flexibility index (Phi) is 6.18. The molecule has 1 aromatic heterocycles. The van der Waals surface area contributed by atoms with Crippen molar-refractivity contribution in [2.45, 2.75) is 37.1 Å². The maximum atomic E-state index is 12.0. The Balaban J connectivity index is 2.05. The number of nitrogens with two attached hydrogens (primary N) is 1. The van der Waals surface area contributed by atoms with Crippen molar-refractivity contribution in [3.05, 3.63) is 28.9 Å². The maximum absolute atomic E-state index is 12.0. The van der Waals surface area contributed by atoms with Crippen molar-refractivity contribution in [2.24, 2.45) is 5.73 Å². The molecule has 1 aromatic carbocycles. The lowest BCUT2D eigenvalue weighted by Crippen LogP contribution is -2.17. The van der Waals surface area contributed by atoms with Gasteiger partial charge in [-0.25, -0.2) is 0 Å². The van der Waals surface area contributed by atoms with Gasteiger partial charge in [0.25, 0.3) is 10.1 Å². The topological polar surface area (TPSA) is 169 Å². The van der Waals surface area contributed by atoms with Crippen molar-refractivity contribution in [1.82, 2.24) is 10.2 Å². The lowest BCUT2D eigenvalue weighted by molar-refractivity contribution is -0.116. The number of phenols is 1. The van der Waals surface area contributed by atoms with Crippen LogP contribution >= 0.6 is 11.6 Å². The zero-order chi connectivity index (χ0) is 19.5. The molecule has 0 radical (unpaired) electrons. The van der Waals surface area contributed by atoms with Crippen LogP contribution < -0.4 is 11.1 Å². The Morgan fingerprint density at radius 2 is 2.12 bits per heavy atom. The number of rotatable bonds is 7. The largest absolute Gasteiger partial charge is 0.504 e. The number of aromatic hydroxyl groups is 1. The highest BCUT2D eigenvalue weighted by Gasteiger charge is 2.21. The van der Waals surface area contributed by atoms with E-state index >= 15 is 0 Å². The molecule has 1 amide bonds. The number of nitrogens with one attached hydrogen (secondary N) is 1. The first-order valence-electron chi connectivity index (χ1n) is 7.49. The third-order valence-corrected chi connectivity index (χ3v) is 4.46. The van der Waals surface area contributed by atoms with Crippen molar-refractivity contribution in [3.63, 3.8) is 0 Å². The number of carbonyl (C=O) groups is 1. The van der Waals surface area contributed by atoms with Gasteiger partial charge in [-0.1, -0.05) is 18.5 Å². The number of phenolic OH excluding ortho intramolecular Hbond substituents is 1. The van der Waals surface area contributed by atoms with Crippen molar-refractivity contribution in [1.29, 1.82) is 0 Å². The molecule has 2 rings (SSSR count). The predicted octanol–water partition coefficient (Wildman–Crippen LogP) is 1.66. The quantitative estimate of drug-likeness (QED) is 0.395. The first-order chi connectivity index (χ1) is 12.1. The van der Waals surface area contributed by atoms with E-state index < -0.39 is 32.7 Å². The minimum Gasteiger partial charge on any atom is -0.504 e. The SMILES string of the molecule is CCc1nnc(C(N)CCC(=O)Nc2cc(Cl)cc(S(=O)(=O)O)c2O)o1. The summed E-state index contributed by atoms with van der Waals surface area (Å²) < 4.78 is 36.8. The highest BCUT2D eigenvalue weighted by Crippen LogP contribution is 2.34. The molecule has 26 heavy (non-hydrogen) atoms. The van der Waals surface area contributed by atoms with E-state index in [1.54, 1.807) is 0 Å². The zero-order valence-electron chi connectivity index (χ0n) is 13.6. The number of hydrogen-bond acceptors (Lipinski definition) is 8. The van der Waals surface area contributed by atoms with Crippen molar-refractivity contribution in [3.8, 4) is 5.75 Å². The van der Waals surface area contributed by atoms with E-state index in [1.165, 1.54) is 0 Å². The van der Waals surface area contributed by atoms with E-state index in [2.05, 4.69) is 15.5 Å². The average Bonchev–Trinajstić information content (AvgIpc) is 3.04. The second-order valence-corrected chi connectivity index (χ2v) is 7.18. The van der Waals surface area contributed by atoms with Crippen LogP contribution in [-0.4, -0.2) is 34.2 Å². The Bertz CT molecular complexity index is 914. The summed E-state index contributed by atoms with van der Waals surface area (Å²) in [6.07, 6.45) is 0.659. The average molecular weight is 405 g/mol. The molecule has 2 aromatic rings. The molecule has 0 saturated heterocycles. The van der Waals surface area contributed by atoms with E-state index in [0.29, 0.717) is 12.3 Å². The van der Waals surface area contributed by atoms with Crippen LogP contribution in [-0.2, 0) is 21.3 Å². The Labute approximate surface area is 154 Å². The fourth-order valence-corrected chi connectivity index (χ4v) is 2.96. The number of halogens is 1. The predicted molar refractivity (Wildman–Crippen MR) is 91.4 cm³/mol. The molecule has 0 fully saturated rings. The van der Waals surface area contributed by atoms with Crippen molar-refractivity contribution < 1.29 is 27.3 Å². The molecule has 0 saturated carbocycles. The molecule has 0 bridgehead atoms. The summed E-state index contributed by atoms with van der Waals surface area (Å²) in [5.74, 6) is -0.746. The molecular formula is C14H17ClN4O6S. The normalized spacial score (nSPS) is 12.8. The first-order valence-corrected chi connectivity index (χ1v) is 9.31. The minimum absolute atomic E-state index is 0.0713. The third kappa shape index (κ3) is 4.91. The van der Waals surface area contributed by atoms with Gasteiger partial charge in [-0.05, 0) is 18.6 Å². The first kappa shape index (κ1) is 20.1. The highest BCUT2D eigenvalue weighted by molar-refractivity contribution is 7.86. The van der Waals surface area contributed by atoms with E-state index in [-0.39, 0.29) is 29.4 Å². The van der Waals surface area contributed by atoms with Gasteiger partial charge in [0.05, 0.1) is 11.7 Å². The van der Waals surface area contributed by atoms with E-state index in [9.17, 15) is 18.3 Å². The van der Waals surface area contributed by atoms with Crippen LogP contribution in [0.2, 0.25) is 5.02 Å². The van der Waals surface area contributed by atoms with Crippen LogP contribution in [0.15, 0.2) is 21.4 Å². The van der Waals surface area contributed by atoms with Crippen molar-refractivity contribution >= 4 is 33.3 Å². The number of carbonyl (C=O) groups excluding carboxylic acids is 1. The van der Waals surface area contributed by atoms with Gasteiger partial charge in [0.15, 0.2) is 5.75 Å². The molecule has 1 heterocycles. The number of hydrogen-bond donors (Lipinski definition) is 4. The highest BCUT2D eigenvalue weighted by atomic mass is 35.5. The van der Waals surface area contributed by atoms with E-state index in [0.717, 1.165) is 12.1 Å². The fourth-order valence-electron chi connectivity index (χ4n) is 2.05. The van der Waals surface area contributed by atoms with Crippen LogP contribution in [0.5, 0.6) is 5.75 Å². The molecule has 0 aliphatic rings. The Morgan fingerprint density at radius 1 is 1.42 bits per heavy atom. The molecule has 0 spiro atoms. The fraction of sp³-hybridized carbons (Fsp3) is 0.357. The monoisotopic (exact) mass is 404 g/mol. The lowest BCUT2D eigenvalue weighted by atomic mass is 10.1. The van der Waals surface area contributed by atoms with Crippen LogP contribution in [0.4, 0.5) is 5.69 Å². The van der Waals surface area contributed by atoms with Gasteiger partial charge < -0.3 is 20.6 Å². The molecule has 10 nitrogen and oxygen atoms in total. The van der Waals surface area contributed by atoms with Crippen LogP contribution in [0.3, 0.4) is 0 Å². The maximum Gasteiger partial charge on any atom is 0.298 e. The number of anilines is 1. The van der Waals surface area contributed by atoms with E-state index in [4.69, 9.17) is 26.3 Å². The summed E-state index contributed by atoms with van der Waals surface area (Å²) in [7, 11) is -4.71. The van der Waals surface area contributed by atoms with Crippen molar-refractivity contribution in [2.75, 3.05) is 5.32 Å². The third-order valence-electron chi connectivity index (χ3n) is 3.38. The van der Waals surface area contributed by atoms with Crippen LogP contribution in [0.25, 0.3) is 0 Å². The number of aryl methyl sites for hydroxylation is 1. The molecule has 1 atom stereocenters. The Hall–Kier alpha value is -2.21.